The minimum atomic E-state index is -4.69. The summed E-state index contributed by atoms with van der Waals surface area (Å²) in [6.07, 6.45) is -4.88. The Morgan fingerprint density at radius 3 is 2.54 bits per heavy atom. The first-order chi connectivity index (χ1) is 19.0. The van der Waals surface area contributed by atoms with Crippen molar-refractivity contribution in [2.75, 3.05) is 6.54 Å². The van der Waals surface area contributed by atoms with Crippen LogP contribution in [0.4, 0.5) is 31.5 Å². The molecule has 0 aromatic carbocycles. The van der Waals surface area contributed by atoms with Gasteiger partial charge < -0.3 is 20.3 Å². The molecular formula is C25H29ClF5N7O3. The van der Waals surface area contributed by atoms with E-state index in [9.17, 15) is 36.8 Å². The fourth-order valence-electron chi connectivity index (χ4n) is 5.07. The first-order valence-corrected chi connectivity index (χ1v) is 13.3. The van der Waals surface area contributed by atoms with Crippen molar-refractivity contribution in [3.05, 3.63) is 28.7 Å². The average Bonchev–Trinajstić information content (AvgIpc) is 3.43. The number of ether oxygens (including phenoxy) is 1. The number of aromatic nitrogens is 3. The minimum absolute atomic E-state index is 0.102. The predicted octanol–water partition coefficient (Wildman–Crippen LogP) is 5.68. The van der Waals surface area contributed by atoms with E-state index in [1.807, 2.05) is 11.4 Å². The van der Waals surface area contributed by atoms with Gasteiger partial charge in [0.25, 0.3) is 0 Å². The van der Waals surface area contributed by atoms with Gasteiger partial charge in [0.15, 0.2) is 10.8 Å². The summed E-state index contributed by atoms with van der Waals surface area (Å²) in [7, 11) is 0. The van der Waals surface area contributed by atoms with Crippen molar-refractivity contribution in [1.82, 2.24) is 30.1 Å². The predicted molar refractivity (Wildman–Crippen MR) is 135 cm³/mol. The van der Waals surface area contributed by atoms with Gasteiger partial charge in [0, 0.05) is 18.4 Å². The molecule has 224 valence electrons. The third-order valence-corrected chi connectivity index (χ3v) is 7.32. The van der Waals surface area contributed by atoms with Crippen LogP contribution in [-0.4, -0.2) is 61.9 Å². The fourth-order valence-corrected chi connectivity index (χ4v) is 5.33. The van der Waals surface area contributed by atoms with Crippen molar-refractivity contribution >= 4 is 29.4 Å². The van der Waals surface area contributed by atoms with E-state index in [0.717, 1.165) is 4.90 Å². The molecule has 3 heterocycles. The number of hydrogen-bond donors (Lipinski definition) is 2. The zero-order valence-corrected chi connectivity index (χ0v) is 23.2. The van der Waals surface area contributed by atoms with Gasteiger partial charge in [-0.25, -0.2) is 27.9 Å². The van der Waals surface area contributed by atoms with Gasteiger partial charge in [-0.05, 0) is 45.6 Å². The second-order valence-corrected chi connectivity index (χ2v) is 11.6. The molecule has 2 aromatic heterocycles. The number of nitrogens with one attached hydrogen (secondary N) is 2. The lowest BCUT2D eigenvalue weighted by atomic mass is 9.81. The molecule has 2 fully saturated rings. The van der Waals surface area contributed by atoms with Crippen molar-refractivity contribution in [3.8, 4) is 6.07 Å². The highest BCUT2D eigenvalue weighted by Gasteiger charge is 2.49. The molecule has 1 aliphatic heterocycles. The molecule has 0 radical (unpaired) electrons. The topological polar surface area (TPSA) is 125 Å². The number of halogens is 6. The third-order valence-electron chi connectivity index (χ3n) is 7.03. The van der Waals surface area contributed by atoms with Crippen molar-refractivity contribution in [2.24, 2.45) is 5.92 Å². The van der Waals surface area contributed by atoms with Gasteiger partial charge in [0.05, 0.1) is 43.0 Å². The number of nitrogens with zero attached hydrogens (tertiary/aromatic N) is 5. The molecule has 0 bridgehead atoms. The summed E-state index contributed by atoms with van der Waals surface area (Å²) in [6.45, 7) is 4.30. The molecular weight excluding hydrogens is 577 g/mol. The largest absolute Gasteiger partial charge is 0.444 e. The van der Waals surface area contributed by atoms with Gasteiger partial charge >= 0.3 is 18.3 Å². The van der Waals surface area contributed by atoms with E-state index in [0.29, 0.717) is 0 Å². The van der Waals surface area contributed by atoms with Crippen LogP contribution >= 0.6 is 11.6 Å². The number of rotatable bonds is 6. The van der Waals surface area contributed by atoms with Crippen molar-refractivity contribution in [1.29, 1.82) is 5.26 Å². The molecule has 0 spiro atoms. The van der Waals surface area contributed by atoms with Crippen LogP contribution in [-0.2, 0) is 4.74 Å². The van der Waals surface area contributed by atoms with Gasteiger partial charge in [0.1, 0.15) is 11.6 Å². The van der Waals surface area contributed by atoms with Crippen LogP contribution in [0.15, 0.2) is 12.3 Å². The standard InChI is InChI=1S/C25H29ClF5N7O3/c1-23(2,3)41-22(40)35-19(13-4-7-24(27,28)8-5-13)15-11-38-18(33-15)10-14(20(26)36-38)16(6-9-32)37-12-17(25(29,30)31)34-21(37)39/h10-11,13,16-17,19H,4-8,12H2,1-3H3,(H,34,39)(H,35,40)/t16-,17-,19?/m0/s1. The van der Waals surface area contributed by atoms with Crippen LogP contribution in [0.2, 0.25) is 5.15 Å². The van der Waals surface area contributed by atoms with E-state index in [-0.39, 0.29) is 54.2 Å². The average molecular weight is 606 g/mol. The van der Waals surface area contributed by atoms with Crippen LogP contribution in [0.5, 0.6) is 0 Å². The molecule has 1 aliphatic carbocycles. The Labute approximate surface area is 237 Å². The van der Waals surface area contributed by atoms with E-state index < -0.39 is 60.4 Å². The summed E-state index contributed by atoms with van der Waals surface area (Å²) in [5, 5.41) is 18.0. The summed E-state index contributed by atoms with van der Waals surface area (Å²) < 4.78 is 74.2. The van der Waals surface area contributed by atoms with Gasteiger partial charge in [-0.3, -0.25) is 0 Å². The second kappa shape index (κ2) is 11.1. The van der Waals surface area contributed by atoms with Crippen LogP contribution < -0.4 is 10.6 Å². The summed E-state index contributed by atoms with van der Waals surface area (Å²) in [5.74, 6) is -3.21. The fraction of sp³-hybridized carbons (Fsp3) is 0.640. The number of carbonyl (C=O) groups excluding carboxylic acids is 2. The number of amides is 3. The Kier molecular flexibility index (Phi) is 8.28. The van der Waals surface area contributed by atoms with Crippen molar-refractivity contribution in [2.45, 2.75) is 88.7 Å². The second-order valence-electron chi connectivity index (χ2n) is 11.3. The molecule has 16 heteroatoms. The Morgan fingerprint density at radius 2 is 1.98 bits per heavy atom. The van der Waals surface area contributed by atoms with Crippen molar-refractivity contribution in [3.63, 3.8) is 0 Å². The summed E-state index contributed by atoms with van der Waals surface area (Å²) >= 11 is 6.39. The smallest absolute Gasteiger partial charge is 0.410 e. The quantitative estimate of drug-likeness (QED) is 0.408. The van der Waals surface area contributed by atoms with Gasteiger partial charge in [-0.1, -0.05) is 11.6 Å². The SMILES string of the molecule is CC(C)(C)OC(=O)NC(c1cn2nc(Cl)c([C@H](CC#N)N3C[C@@H](C(F)(F)F)NC3=O)cc2n1)C1CCC(F)(F)CC1. The number of fused-ring (bicyclic) bond motifs is 1. The summed E-state index contributed by atoms with van der Waals surface area (Å²) in [5.41, 5.74) is -0.282. The zero-order valence-electron chi connectivity index (χ0n) is 22.4. The first kappa shape index (κ1) is 30.5. The highest BCUT2D eigenvalue weighted by atomic mass is 35.5. The van der Waals surface area contributed by atoms with Crippen LogP contribution in [0.25, 0.3) is 5.65 Å². The van der Waals surface area contributed by atoms with Crippen LogP contribution in [0.1, 0.15) is 76.2 Å². The summed E-state index contributed by atoms with van der Waals surface area (Å²) in [6, 6.07) is -1.85. The number of urea groups is 1. The molecule has 1 saturated carbocycles. The summed E-state index contributed by atoms with van der Waals surface area (Å²) in [4.78, 5) is 30.5. The highest BCUT2D eigenvalue weighted by molar-refractivity contribution is 6.30. The van der Waals surface area contributed by atoms with Gasteiger partial charge in [-0.2, -0.15) is 23.5 Å². The maximum atomic E-state index is 13.9. The van der Waals surface area contributed by atoms with Crippen LogP contribution in [0.3, 0.4) is 0 Å². The number of alkyl halides is 5. The third kappa shape index (κ3) is 7.09. The Hall–Kier alpha value is -3.41. The Bertz CT molecular complexity index is 1340. The molecule has 2 aromatic rings. The van der Waals surface area contributed by atoms with Gasteiger partial charge in [0.2, 0.25) is 5.92 Å². The molecule has 2 aliphatic rings. The molecule has 3 amide bonds. The molecule has 4 rings (SSSR count). The first-order valence-electron chi connectivity index (χ1n) is 12.9. The molecule has 2 N–H and O–H groups in total. The minimum Gasteiger partial charge on any atom is -0.444 e. The van der Waals surface area contributed by atoms with E-state index in [1.165, 1.54) is 16.8 Å². The van der Waals surface area contributed by atoms with E-state index in [1.54, 1.807) is 20.8 Å². The Morgan fingerprint density at radius 1 is 1.32 bits per heavy atom. The van der Waals surface area contributed by atoms with E-state index in [2.05, 4.69) is 15.4 Å². The zero-order chi connectivity index (χ0) is 30.3. The normalized spacial score (nSPS) is 21.3. The Balaban J connectivity index is 1.68. The molecule has 10 nitrogen and oxygen atoms in total. The molecule has 1 saturated heterocycles. The van der Waals surface area contributed by atoms with Gasteiger partial charge in [-0.15, -0.1) is 0 Å². The van der Waals surface area contributed by atoms with Crippen molar-refractivity contribution < 1.29 is 36.3 Å². The monoisotopic (exact) mass is 605 g/mol. The number of alkyl carbamates (subject to hydrolysis) is 1. The highest BCUT2D eigenvalue weighted by Crippen LogP contribution is 2.42. The number of nitriles is 1. The van der Waals surface area contributed by atoms with E-state index >= 15 is 0 Å². The number of imidazole rings is 1. The lowest BCUT2D eigenvalue weighted by molar-refractivity contribution is -0.150. The molecule has 3 atom stereocenters. The molecule has 41 heavy (non-hydrogen) atoms. The number of hydrogen-bond acceptors (Lipinski definition) is 6. The maximum Gasteiger partial charge on any atom is 0.410 e. The number of carbonyl (C=O) groups is 2. The van der Waals surface area contributed by atoms with Crippen LogP contribution in [0, 0.1) is 17.2 Å². The maximum absolute atomic E-state index is 13.9. The van der Waals surface area contributed by atoms with E-state index in [4.69, 9.17) is 16.3 Å². The lowest BCUT2D eigenvalue weighted by Gasteiger charge is -2.33. The lowest BCUT2D eigenvalue weighted by Crippen LogP contribution is -2.40. The molecule has 1 unspecified atom stereocenters.